The van der Waals surface area contributed by atoms with Gasteiger partial charge in [0.25, 0.3) is 0 Å². The first-order valence-electron chi connectivity index (χ1n) is 4.34. The van der Waals surface area contributed by atoms with Crippen LogP contribution in [0, 0.1) is 0 Å². The van der Waals surface area contributed by atoms with E-state index in [-0.39, 0.29) is 0 Å². The molecular formula is C9H11N5. The van der Waals surface area contributed by atoms with E-state index in [0.29, 0.717) is 6.54 Å². The van der Waals surface area contributed by atoms with Gasteiger partial charge in [0.2, 0.25) is 5.95 Å². The Bertz CT molecular complexity index is 395. The van der Waals surface area contributed by atoms with E-state index in [0.717, 1.165) is 11.6 Å². The number of aromatic nitrogens is 4. The predicted octanol–water partition coefficient (Wildman–Crippen LogP) is 0.822. The zero-order valence-corrected chi connectivity index (χ0v) is 7.88. The minimum atomic E-state index is 0.660. The fourth-order valence-corrected chi connectivity index (χ4v) is 1.13. The Hall–Kier alpha value is -1.91. The van der Waals surface area contributed by atoms with Crippen molar-refractivity contribution in [2.45, 2.75) is 6.54 Å². The van der Waals surface area contributed by atoms with Crippen molar-refractivity contribution >= 4 is 5.95 Å². The van der Waals surface area contributed by atoms with Gasteiger partial charge in [-0.15, -0.1) is 0 Å². The Labute approximate surface area is 81.8 Å². The van der Waals surface area contributed by atoms with Crippen LogP contribution in [-0.2, 0) is 13.6 Å². The molecule has 0 unspecified atom stereocenters. The van der Waals surface area contributed by atoms with Crippen LogP contribution < -0.4 is 5.32 Å². The fourth-order valence-electron chi connectivity index (χ4n) is 1.13. The van der Waals surface area contributed by atoms with Gasteiger partial charge in [-0.3, -0.25) is 4.98 Å². The van der Waals surface area contributed by atoms with E-state index in [1.165, 1.54) is 6.33 Å². The third-order valence-corrected chi connectivity index (χ3v) is 1.87. The first-order chi connectivity index (χ1) is 6.86. The van der Waals surface area contributed by atoms with Crippen LogP contribution in [0.4, 0.5) is 5.95 Å². The summed E-state index contributed by atoms with van der Waals surface area (Å²) in [5, 5.41) is 7.09. The molecule has 0 fully saturated rings. The van der Waals surface area contributed by atoms with Crippen LogP contribution in [-0.4, -0.2) is 19.7 Å². The highest BCUT2D eigenvalue weighted by Gasteiger charge is 1.98. The highest BCUT2D eigenvalue weighted by Crippen LogP contribution is 2.01. The summed E-state index contributed by atoms with van der Waals surface area (Å²) >= 11 is 0. The van der Waals surface area contributed by atoms with E-state index in [1.807, 2.05) is 25.2 Å². The van der Waals surface area contributed by atoms with Crippen LogP contribution in [0.25, 0.3) is 0 Å². The van der Waals surface area contributed by atoms with Crippen molar-refractivity contribution in [2.24, 2.45) is 7.05 Å². The lowest BCUT2D eigenvalue weighted by Gasteiger charge is -2.03. The molecule has 5 nitrogen and oxygen atoms in total. The second-order valence-corrected chi connectivity index (χ2v) is 2.88. The molecule has 1 N–H and O–H groups in total. The van der Waals surface area contributed by atoms with Crippen molar-refractivity contribution in [2.75, 3.05) is 5.32 Å². The van der Waals surface area contributed by atoms with Gasteiger partial charge in [-0.1, -0.05) is 6.07 Å². The number of hydrogen-bond acceptors (Lipinski definition) is 4. The molecule has 0 aromatic carbocycles. The van der Waals surface area contributed by atoms with Crippen LogP contribution in [0.1, 0.15) is 5.69 Å². The van der Waals surface area contributed by atoms with Gasteiger partial charge >= 0.3 is 0 Å². The number of anilines is 1. The van der Waals surface area contributed by atoms with Gasteiger partial charge in [0.05, 0.1) is 12.2 Å². The number of nitrogens with zero attached hydrogens (tertiary/aromatic N) is 4. The first kappa shape index (κ1) is 8.68. The lowest BCUT2D eigenvalue weighted by molar-refractivity contribution is 0.765. The zero-order chi connectivity index (χ0) is 9.80. The highest BCUT2D eigenvalue weighted by molar-refractivity contribution is 5.24. The minimum Gasteiger partial charge on any atom is -0.349 e. The number of aryl methyl sites for hydroxylation is 1. The van der Waals surface area contributed by atoms with Crippen LogP contribution in [0.15, 0.2) is 30.7 Å². The second-order valence-electron chi connectivity index (χ2n) is 2.88. The molecule has 72 valence electrons. The van der Waals surface area contributed by atoms with Gasteiger partial charge in [-0.05, 0) is 12.1 Å². The molecular weight excluding hydrogens is 178 g/mol. The Morgan fingerprint density at radius 1 is 1.36 bits per heavy atom. The van der Waals surface area contributed by atoms with Crippen LogP contribution in [0.2, 0.25) is 0 Å². The summed E-state index contributed by atoms with van der Waals surface area (Å²) in [6, 6.07) is 5.82. The number of rotatable bonds is 3. The molecule has 2 aromatic rings. The minimum absolute atomic E-state index is 0.660. The summed E-state index contributed by atoms with van der Waals surface area (Å²) in [4.78, 5) is 8.23. The largest absolute Gasteiger partial charge is 0.349 e. The topological polar surface area (TPSA) is 55.6 Å². The summed E-state index contributed by atoms with van der Waals surface area (Å²) in [7, 11) is 1.84. The quantitative estimate of drug-likeness (QED) is 0.776. The highest BCUT2D eigenvalue weighted by atomic mass is 15.4. The maximum atomic E-state index is 4.19. The summed E-state index contributed by atoms with van der Waals surface area (Å²) in [5.41, 5.74) is 0.982. The number of nitrogens with one attached hydrogen (secondary N) is 1. The lowest BCUT2D eigenvalue weighted by Crippen LogP contribution is -2.06. The Balaban J connectivity index is 1.99. The van der Waals surface area contributed by atoms with Crippen LogP contribution in [0.5, 0.6) is 0 Å². The standard InChI is InChI=1S/C9H11N5/c1-14-9(12-7-13-14)11-6-8-4-2-3-5-10-8/h2-5,7H,6H2,1H3,(H,11,12,13). The summed E-state index contributed by atoms with van der Waals surface area (Å²) < 4.78 is 1.68. The van der Waals surface area contributed by atoms with Crippen LogP contribution >= 0.6 is 0 Å². The molecule has 5 heteroatoms. The molecule has 0 saturated carbocycles. The molecule has 2 heterocycles. The van der Waals surface area contributed by atoms with Crippen molar-refractivity contribution < 1.29 is 0 Å². The van der Waals surface area contributed by atoms with Crippen molar-refractivity contribution in [1.29, 1.82) is 0 Å². The average molecular weight is 189 g/mol. The molecule has 0 spiro atoms. The molecule has 0 aliphatic carbocycles. The summed E-state index contributed by atoms with van der Waals surface area (Å²) in [6.07, 6.45) is 3.29. The van der Waals surface area contributed by atoms with Crippen molar-refractivity contribution in [3.05, 3.63) is 36.4 Å². The lowest BCUT2D eigenvalue weighted by atomic mass is 10.3. The molecule has 0 amide bonds. The van der Waals surface area contributed by atoms with E-state index in [1.54, 1.807) is 10.9 Å². The molecule has 0 radical (unpaired) electrons. The summed E-state index contributed by atoms with van der Waals surface area (Å²) in [6.45, 7) is 0.660. The molecule has 0 bridgehead atoms. The molecule has 0 aliphatic heterocycles. The van der Waals surface area contributed by atoms with Crippen LogP contribution in [0.3, 0.4) is 0 Å². The first-order valence-corrected chi connectivity index (χ1v) is 4.34. The Morgan fingerprint density at radius 3 is 2.93 bits per heavy atom. The third-order valence-electron chi connectivity index (χ3n) is 1.87. The zero-order valence-electron chi connectivity index (χ0n) is 7.88. The van der Waals surface area contributed by atoms with Crippen molar-refractivity contribution in [1.82, 2.24) is 19.7 Å². The maximum Gasteiger partial charge on any atom is 0.221 e. The van der Waals surface area contributed by atoms with E-state index >= 15 is 0 Å². The average Bonchev–Trinajstić information content (AvgIpc) is 2.63. The maximum absolute atomic E-state index is 4.19. The predicted molar refractivity (Wildman–Crippen MR) is 52.6 cm³/mol. The van der Waals surface area contributed by atoms with E-state index < -0.39 is 0 Å². The molecule has 2 rings (SSSR count). The smallest absolute Gasteiger partial charge is 0.221 e. The molecule has 0 aliphatic rings. The Morgan fingerprint density at radius 2 is 2.29 bits per heavy atom. The SMILES string of the molecule is Cn1ncnc1NCc1ccccn1. The van der Waals surface area contributed by atoms with Crippen molar-refractivity contribution in [3.8, 4) is 0 Å². The second kappa shape index (κ2) is 3.87. The fraction of sp³-hybridized carbons (Fsp3) is 0.222. The van der Waals surface area contributed by atoms with Gasteiger partial charge in [-0.2, -0.15) is 10.1 Å². The monoisotopic (exact) mass is 189 g/mol. The number of hydrogen-bond donors (Lipinski definition) is 1. The number of pyridine rings is 1. The van der Waals surface area contributed by atoms with E-state index in [4.69, 9.17) is 0 Å². The van der Waals surface area contributed by atoms with E-state index in [2.05, 4.69) is 20.4 Å². The summed E-state index contributed by atoms with van der Waals surface area (Å²) in [5.74, 6) is 0.746. The molecule has 0 atom stereocenters. The van der Waals surface area contributed by atoms with Gasteiger partial charge in [0.1, 0.15) is 6.33 Å². The van der Waals surface area contributed by atoms with Gasteiger partial charge in [-0.25, -0.2) is 4.68 Å². The van der Waals surface area contributed by atoms with Gasteiger partial charge in [0.15, 0.2) is 0 Å². The Kier molecular flexibility index (Phi) is 2.40. The molecule has 2 aromatic heterocycles. The third kappa shape index (κ3) is 1.87. The normalized spacial score (nSPS) is 10.1. The van der Waals surface area contributed by atoms with Crippen molar-refractivity contribution in [3.63, 3.8) is 0 Å². The van der Waals surface area contributed by atoms with Gasteiger partial charge < -0.3 is 5.32 Å². The molecule has 14 heavy (non-hydrogen) atoms. The van der Waals surface area contributed by atoms with Gasteiger partial charge in [0, 0.05) is 13.2 Å². The molecule has 0 saturated heterocycles. The van der Waals surface area contributed by atoms with E-state index in [9.17, 15) is 0 Å².